The first kappa shape index (κ1) is 18.8. The molecule has 7 heteroatoms. The lowest BCUT2D eigenvalue weighted by molar-refractivity contribution is -0.221. The Morgan fingerprint density at radius 1 is 1.14 bits per heavy atom. The third-order valence-corrected chi connectivity index (χ3v) is 3.32. The summed E-state index contributed by atoms with van der Waals surface area (Å²) in [5.41, 5.74) is 0.268. The van der Waals surface area contributed by atoms with Crippen LogP contribution >= 0.6 is 0 Å². The molecule has 0 N–H and O–H groups in total. The molecule has 0 amide bonds. The average Bonchev–Trinajstić information content (AvgIpc) is 2.44. The normalized spacial score (nSPS) is 14.9. The van der Waals surface area contributed by atoms with Crippen LogP contribution in [0.4, 0.5) is 22.0 Å². The highest BCUT2D eigenvalue weighted by Crippen LogP contribution is 2.33. The van der Waals surface area contributed by atoms with Gasteiger partial charge in [0.1, 0.15) is 0 Å². The Labute approximate surface area is 126 Å². The van der Waals surface area contributed by atoms with Gasteiger partial charge in [-0.3, -0.25) is 0 Å². The standard InChI is InChI=1S/C15H19F5O2/c1-4-9-6-10(7-11(16)14(9)17)12(22-5-2)8-13(21-3)15(18,19)20/h6-7,12-13H,4-5,8H2,1-3H3. The van der Waals surface area contributed by atoms with Gasteiger partial charge in [0.15, 0.2) is 17.7 Å². The van der Waals surface area contributed by atoms with Crippen molar-refractivity contribution in [3.63, 3.8) is 0 Å². The Bertz CT molecular complexity index is 488. The third kappa shape index (κ3) is 4.64. The Morgan fingerprint density at radius 3 is 2.23 bits per heavy atom. The minimum absolute atomic E-state index is 0.0979. The molecule has 0 bridgehead atoms. The zero-order valence-corrected chi connectivity index (χ0v) is 12.6. The fraction of sp³-hybridized carbons (Fsp3) is 0.600. The molecule has 0 saturated carbocycles. The van der Waals surface area contributed by atoms with Crippen molar-refractivity contribution in [1.29, 1.82) is 0 Å². The minimum Gasteiger partial charge on any atom is -0.374 e. The smallest absolute Gasteiger partial charge is 0.374 e. The molecule has 0 fully saturated rings. The van der Waals surface area contributed by atoms with Gasteiger partial charge in [0, 0.05) is 20.1 Å². The molecule has 0 radical (unpaired) electrons. The first-order valence-electron chi connectivity index (χ1n) is 6.93. The molecule has 2 unspecified atom stereocenters. The molecule has 0 spiro atoms. The fourth-order valence-corrected chi connectivity index (χ4v) is 2.17. The van der Waals surface area contributed by atoms with Crippen LogP contribution in [0.25, 0.3) is 0 Å². The SMILES string of the molecule is CCOC(CC(OC)C(F)(F)F)c1cc(F)c(F)c(CC)c1. The largest absolute Gasteiger partial charge is 0.414 e. The van der Waals surface area contributed by atoms with E-state index in [9.17, 15) is 22.0 Å². The highest BCUT2D eigenvalue weighted by molar-refractivity contribution is 5.28. The molecule has 0 aliphatic carbocycles. The predicted molar refractivity (Wildman–Crippen MR) is 71.6 cm³/mol. The van der Waals surface area contributed by atoms with Crippen LogP contribution in [-0.2, 0) is 15.9 Å². The molecule has 2 nitrogen and oxygen atoms in total. The first-order valence-corrected chi connectivity index (χ1v) is 6.93. The van der Waals surface area contributed by atoms with E-state index in [4.69, 9.17) is 4.74 Å². The summed E-state index contributed by atoms with van der Waals surface area (Å²) < 4.78 is 75.3. The number of benzene rings is 1. The summed E-state index contributed by atoms with van der Waals surface area (Å²) >= 11 is 0. The van der Waals surface area contributed by atoms with Crippen LogP contribution in [0, 0.1) is 11.6 Å². The Hall–Kier alpha value is -1.21. The van der Waals surface area contributed by atoms with Crippen LogP contribution in [0.1, 0.15) is 37.5 Å². The topological polar surface area (TPSA) is 18.5 Å². The minimum atomic E-state index is -4.56. The Balaban J connectivity index is 3.12. The van der Waals surface area contributed by atoms with E-state index in [0.717, 1.165) is 13.2 Å². The van der Waals surface area contributed by atoms with Crippen LogP contribution in [0.5, 0.6) is 0 Å². The van der Waals surface area contributed by atoms with Crippen molar-refractivity contribution in [2.45, 2.75) is 45.1 Å². The molecule has 2 atom stereocenters. The molecule has 126 valence electrons. The highest BCUT2D eigenvalue weighted by Gasteiger charge is 2.41. The molecular formula is C15H19F5O2. The number of rotatable bonds is 7. The number of halogens is 5. The zero-order valence-electron chi connectivity index (χ0n) is 12.6. The lowest BCUT2D eigenvalue weighted by Crippen LogP contribution is -2.33. The first-order chi connectivity index (χ1) is 10.2. The number of aryl methyl sites for hydroxylation is 1. The van der Waals surface area contributed by atoms with Crippen molar-refractivity contribution in [3.8, 4) is 0 Å². The van der Waals surface area contributed by atoms with Gasteiger partial charge in [-0.25, -0.2) is 8.78 Å². The Kier molecular flexibility index (Phi) is 6.74. The summed E-state index contributed by atoms with van der Waals surface area (Å²) in [5.74, 6) is -2.08. The fourth-order valence-electron chi connectivity index (χ4n) is 2.17. The number of hydrogen-bond acceptors (Lipinski definition) is 2. The molecule has 0 heterocycles. The number of ether oxygens (including phenoxy) is 2. The second kappa shape index (κ2) is 7.87. The van der Waals surface area contributed by atoms with Crippen LogP contribution in [0.2, 0.25) is 0 Å². The van der Waals surface area contributed by atoms with Crippen molar-refractivity contribution in [1.82, 2.24) is 0 Å². The predicted octanol–water partition coefficient (Wildman–Crippen LogP) is 4.57. The van der Waals surface area contributed by atoms with E-state index in [1.807, 2.05) is 0 Å². The van der Waals surface area contributed by atoms with Crippen molar-refractivity contribution >= 4 is 0 Å². The average molecular weight is 326 g/mol. The number of hydrogen-bond donors (Lipinski definition) is 0. The van der Waals surface area contributed by atoms with Gasteiger partial charge >= 0.3 is 6.18 Å². The van der Waals surface area contributed by atoms with Gasteiger partial charge in [-0.1, -0.05) is 13.0 Å². The molecule has 1 aromatic rings. The van der Waals surface area contributed by atoms with E-state index >= 15 is 0 Å². The number of methoxy groups -OCH3 is 1. The second-order valence-corrected chi connectivity index (χ2v) is 4.78. The van der Waals surface area contributed by atoms with E-state index in [1.165, 1.54) is 6.07 Å². The summed E-state index contributed by atoms with van der Waals surface area (Å²) in [7, 11) is 0.948. The van der Waals surface area contributed by atoms with Gasteiger partial charge in [0.05, 0.1) is 6.10 Å². The van der Waals surface area contributed by atoms with Crippen molar-refractivity contribution in [3.05, 3.63) is 34.9 Å². The van der Waals surface area contributed by atoms with Gasteiger partial charge in [0.25, 0.3) is 0 Å². The van der Waals surface area contributed by atoms with E-state index in [0.29, 0.717) is 0 Å². The molecule has 0 aliphatic heterocycles. The molecule has 0 aromatic heterocycles. The van der Waals surface area contributed by atoms with E-state index in [1.54, 1.807) is 13.8 Å². The van der Waals surface area contributed by atoms with Crippen LogP contribution in [0.3, 0.4) is 0 Å². The summed E-state index contributed by atoms with van der Waals surface area (Å²) in [4.78, 5) is 0. The molecule has 0 saturated heterocycles. The Morgan fingerprint density at radius 2 is 1.77 bits per heavy atom. The van der Waals surface area contributed by atoms with E-state index in [2.05, 4.69) is 4.74 Å². The van der Waals surface area contributed by atoms with Gasteiger partial charge in [-0.15, -0.1) is 0 Å². The molecule has 1 rings (SSSR count). The lowest BCUT2D eigenvalue weighted by Gasteiger charge is -2.25. The van der Waals surface area contributed by atoms with Gasteiger partial charge in [-0.05, 0) is 30.5 Å². The summed E-state index contributed by atoms with van der Waals surface area (Å²) in [6.45, 7) is 3.38. The molecular weight excluding hydrogens is 307 g/mol. The second-order valence-electron chi connectivity index (χ2n) is 4.78. The third-order valence-electron chi connectivity index (χ3n) is 3.32. The summed E-state index contributed by atoms with van der Waals surface area (Å²) in [5, 5.41) is 0. The van der Waals surface area contributed by atoms with Crippen LogP contribution in [0.15, 0.2) is 12.1 Å². The lowest BCUT2D eigenvalue weighted by atomic mass is 9.99. The van der Waals surface area contributed by atoms with Gasteiger partial charge in [-0.2, -0.15) is 13.2 Å². The van der Waals surface area contributed by atoms with Gasteiger partial charge in [0.2, 0.25) is 0 Å². The monoisotopic (exact) mass is 326 g/mol. The quantitative estimate of drug-likeness (QED) is 0.683. The van der Waals surface area contributed by atoms with Gasteiger partial charge < -0.3 is 9.47 Å². The van der Waals surface area contributed by atoms with E-state index in [-0.39, 0.29) is 24.2 Å². The molecule has 0 aliphatic rings. The van der Waals surface area contributed by atoms with Crippen LogP contribution < -0.4 is 0 Å². The van der Waals surface area contributed by atoms with Crippen LogP contribution in [-0.4, -0.2) is 26.0 Å². The molecule has 1 aromatic carbocycles. The van der Waals surface area contributed by atoms with Crippen molar-refractivity contribution < 1.29 is 31.4 Å². The number of alkyl halides is 3. The van der Waals surface area contributed by atoms with Crippen molar-refractivity contribution in [2.24, 2.45) is 0 Å². The molecule has 22 heavy (non-hydrogen) atoms. The zero-order chi connectivity index (χ0) is 16.9. The van der Waals surface area contributed by atoms with E-state index < -0.39 is 36.4 Å². The maximum Gasteiger partial charge on any atom is 0.414 e. The maximum atomic E-state index is 13.6. The summed E-state index contributed by atoms with van der Waals surface area (Å²) in [6, 6.07) is 2.21. The highest BCUT2D eigenvalue weighted by atomic mass is 19.4. The maximum absolute atomic E-state index is 13.6. The van der Waals surface area contributed by atoms with Crippen molar-refractivity contribution in [2.75, 3.05) is 13.7 Å². The summed E-state index contributed by atoms with van der Waals surface area (Å²) in [6.07, 6.45) is -7.93.